The van der Waals surface area contributed by atoms with Gasteiger partial charge in [-0.2, -0.15) is 0 Å². The van der Waals surface area contributed by atoms with Crippen molar-refractivity contribution in [2.75, 3.05) is 25.0 Å². The summed E-state index contributed by atoms with van der Waals surface area (Å²) in [4.78, 5) is 0.172. The van der Waals surface area contributed by atoms with Gasteiger partial charge in [0, 0.05) is 6.07 Å². The van der Waals surface area contributed by atoms with Crippen LogP contribution < -0.4 is 18.9 Å². The van der Waals surface area contributed by atoms with Crippen LogP contribution in [-0.2, 0) is 10.0 Å². The Bertz CT molecular complexity index is 832. The minimum Gasteiger partial charge on any atom is -0.496 e. The molecule has 0 spiro atoms. The molecule has 1 aliphatic heterocycles. The highest BCUT2D eigenvalue weighted by Crippen LogP contribution is 2.33. The van der Waals surface area contributed by atoms with Crippen LogP contribution in [0.1, 0.15) is 5.56 Å². The van der Waals surface area contributed by atoms with Crippen molar-refractivity contribution < 1.29 is 22.6 Å². The number of ether oxygens (including phenoxy) is 3. The Kier molecular flexibility index (Phi) is 4.04. The molecular formula is C16H17NO5S. The van der Waals surface area contributed by atoms with Gasteiger partial charge in [-0.05, 0) is 42.8 Å². The molecule has 0 atom stereocenters. The third kappa shape index (κ3) is 3.19. The zero-order valence-corrected chi connectivity index (χ0v) is 13.6. The molecule has 3 rings (SSSR count). The van der Waals surface area contributed by atoms with Gasteiger partial charge in [-0.25, -0.2) is 8.42 Å². The van der Waals surface area contributed by atoms with Crippen LogP contribution in [0.15, 0.2) is 41.3 Å². The first-order valence-corrected chi connectivity index (χ1v) is 8.55. The Balaban J connectivity index is 1.87. The van der Waals surface area contributed by atoms with Gasteiger partial charge in [-0.1, -0.05) is 0 Å². The van der Waals surface area contributed by atoms with Gasteiger partial charge in [-0.3, -0.25) is 4.72 Å². The molecule has 0 aromatic heterocycles. The number of rotatable bonds is 4. The highest BCUT2D eigenvalue weighted by Gasteiger charge is 2.18. The van der Waals surface area contributed by atoms with E-state index in [9.17, 15) is 8.42 Å². The van der Waals surface area contributed by atoms with E-state index in [1.54, 1.807) is 44.4 Å². The first kappa shape index (κ1) is 15.5. The van der Waals surface area contributed by atoms with Gasteiger partial charge in [0.05, 0.1) is 17.7 Å². The van der Waals surface area contributed by atoms with Crippen LogP contribution >= 0.6 is 0 Å². The van der Waals surface area contributed by atoms with E-state index in [2.05, 4.69) is 4.72 Å². The molecule has 6 nitrogen and oxygen atoms in total. The van der Waals surface area contributed by atoms with E-state index in [1.165, 1.54) is 6.07 Å². The van der Waals surface area contributed by atoms with Crippen LogP contribution in [0.2, 0.25) is 0 Å². The van der Waals surface area contributed by atoms with Crippen molar-refractivity contribution in [2.45, 2.75) is 11.8 Å². The van der Waals surface area contributed by atoms with Crippen LogP contribution in [0, 0.1) is 6.92 Å². The molecule has 23 heavy (non-hydrogen) atoms. The summed E-state index contributed by atoms with van der Waals surface area (Å²) in [5, 5.41) is 0. The van der Waals surface area contributed by atoms with Gasteiger partial charge in [0.25, 0.3) is 10.0 Å². The van der Waals surface area contributed by atoms with E-state index in [0.29, 0.717) is 36.1 Å². The minimum absolute atomic E-state index is 0.172. The second-order valence-corrected chi connectivity index (χ2v) is 6.78. The topological polar surface area (TPSA) is 73.9 Å². The van der Waals surface area contributed by atoms with Crippen molar-refractivity contribution in [3.05, 3.63) is 42.0 Å². The predicted octanol–water partition coefficient (Wildman–Crippen LogP) is 2.58. The maximum absolute atomic E-state index is 12.5. The van der Waals surface area contributed by atoms with Crippen LogP contribution in [0.3, 0.4) is 0 Å². The maximum Gasteiger partial charge on any atom is 0.261 e. The summed E-state index contributed by atoms with van der Waals surface area (Å²) in [6, 6.07) is 9.65. The molecule has 0 unspecified atom stereocenters. The number of fused-ring (bicyclic) bond motifs is 1. The Hall–Kier alpha value is -2.41. The molecule has 0 aliphatic carbocycles. The Morgan fingerprint density at radius 2 is 1.78 bits per heavy atom. The molecule has 0 fully saturated rings. The van der Waals surface area contributed by atoms with E-state index in [4.69, 9.17) is 14.2 Å². The number of hydrogen-bond acceptors (Lipinski definition) is 5. The van der Waals surface area contributed by atoms with Crippen molar-refractivity contribution in [2.24, 2.45) is 0 Å². The number of aryl methyl sites for hydroxylation is 1. The number of methoxy groups -OCH3 is 1. The summed E-state index contributed by atoms with van der Waals surface area (Å²) in [6.45, 7) is 2.73. The fraction of sp³-hybridized carbons (Fsp3) is 0.250. The smallest absolute Gasteiger partial charge is 0.261 e. The van der Waals surface area contributed by atoms with Gasteiger partial charge < -0.3 is 14.2 Å². The van der Waals surface area contributed by atoms with E-state index >= 15 is 0 Å². The first-order chi connectivity index (χ1) is 11.0. The molecule has 122 valence electrons. The summed E-state index contributed by atoms with van der Waals surface area (Å²) in [5.41, 5.74) is 1.17. The normalized spacial score (nSPS) is 13.5. The summed E-state index contributed by atoms with van der Waals surface area (Å²) in [5.74, 6) is 1.78. The lowest BCUT2D eigenvalue weighted by atomic mass is 10.2. The van der Waals surface area contributed by atoms with Gasteiger partial charge in [0.15, 0.2) is 11.5 Å². The summed E-state index contributed by atoms with van der Waals surface area (Å²) in [6.07, 6.45) is 0. The Morgan fingerprint density at radius 3 is 2.48 bits per heavy atom. The molecule has 2 aromatic rings. The van der Waals surface area contributed by atoms with Crippen LogP contribution in [0.5, 0.6) is 17.2 Å². The molecule has 7 heteroatoms. The zero-order chi connectivity index (χ0) is 16.4. The van der Waals surface area contributed by atoms with E-state index in [1.807, 2.05) is 0 Å². The predicted molar refractivity (Wildman–Crippen MR) is 86.0 cm³/mol. The second-order valence-electron chi connectivity index (χ2n) is 5.10. The summed E-state index contributed by atoms with van der Waals surface area (Å²) < 4.78 is 43.6. The summed E-state index contributed by atoms with van der Waals surface area (Å²) >= 11 is 0. The van der Waals surface area contributed by atoms with Crippen molar-refractivity contribution in [1.82, 2.24) is 0 Å². The van der Waals surface area contributed by atoms with Gasteiger partial charge in [-0.15, -0.1) is 0 Å². The molecule has 0 saturated carbocycles. The highest BCUT2D eigenvalue weighted by molar-refractivity contribution is 7.92. The third-order valence-electron chi connectivity index (χ3n) is 3.47. The van der Waals surface area contributed by atoms with E-state index < -0.39 is 10.0 Å². The minimum atomic E-state index is -3.69. The van der Waals surface area contributed by atoms with Gasteiger partial charge >= 0.3 is 0 Å². The van der Waals surface area contributed by atoms with Gasteiger partial charge in [0.2, 0.25) is 0 Å². The molecule has 1 N–H and O–H groups in total. The number of hydrogen-bond donors (Lipinski definition) is 1. The lowest BCUT2D eigenvalue weighted by Gasteiger charge is -2.19. The highest BCUT2D eigenvalue weighted by atomic mass is 32.2. The fourth-order valence-corrected chi connectivity index (χ4v) is 3.47. The van der Waals surface area contributed by atoms with E-state index in [0.717, 1.165) is 5.56 Å². The summed E-state index contributed by atoms with van der Waals surface area (Å²) in [7, 11) is -2.14. The van der Waals surface area contributed by atoms with Crippen molar-refractivity contribution in [3.63, 3.8) is 0 Å². The average Bonchev–Trinajstić information content (AvgIpc) is 2.54. The Labute approximate surface area is 135 Å². The first-order valence-electron chi connectivity index (χ1n) is 7.07. The molecule has 2 aromatic carbocycles. The second kappa shape index (κ2) is 6.00. The SMILES string of the molecule is COc1ccc(S(=O)(=O)Nc2ccc3c(c2)OCCO3)cc1C. The zero-order valence-electron chi connectivity index (χ0n) is 12.8. The molecule has 0 amide bonds. The lowest BCUT2D eigenvalue weighted by Crippen LogP contribution is -2.16. The molecular weight excluding hydrogens is 318 g/mol. The van der Waals surface area contributed by atoms with Crippen LogP contribution in [0.25, 0.3) is 0 Å². The lowest BCUT2D eigenvalue weighted by molar-refractivity contribution is 0.171. The standard InChI is InChI=1S/C16H17NO5S/c1-11-9-13(4-6-14(11)20-2)23(18,19)17-12-3-5-15-16(10-12)22-8-7-21-15/h3-6,9-10,17H,7-8H2,1-2H3. The number of benzene rings is 2. The Morgan fingerprint density at radius 1 is 1.04 bits per heavy atom. The van der Waals surface area contributed by atoms with Crippen molar-refractivity contribution in [3.8, 4) is 17.2 Å². The van der Waals surface area contributed by atoms with Crippen molar-refractivity contribution >= 4 is 15.7 Å². The molecule has 0 bridgehead atoms. The molecule has 0 radical (unpaired) electrons. The van der Waals surface area contributed by atoms with Gasteiger partial charge in [0.1, 0.15) is 19.0 Å². The molecule has 1 heterocycles. The third-order valence-corrected chi connectivity index (χ3v) is 4.85. The largest absolute Gasteiger partial charge is 0.496 e. The molecule has 0 saturated heterocycles. The van der Waals surface area contributed by atoms with Crippen LogP contribution in [0.4, 0.5) is 5.69 Å². The quantitative estimate of drug-likeness (QED) is 0.929. The number of sulfonamides is 1. The van der Waals surface area contributed by atoms with E-state index in [-0.39, 0.29) is 4.90 Å². The fourth-order valence-electron chi connectivity index (χ4n) is 2.34. The number of anilines is 1. The van der Waals surface area contributed by atoms with Crippen molar-refractivity contribution in [1.29, 1.82) is 0 Å². The number of nitrogens with one attached hydrogen (secondary N) is 1. The molecule has 1 aliphatic rings. The average molecular weight is 335 g/mol. The maximum atomic E-state index is 12.5. The monoisotopic (exact) mass is 335 g/mol. The van der Waals surface area contributed by atoms with Crippen LogP contribution in [-0.4, -0.2) is 28.7 Å².